The minimum atomic E-state index is -3.68. The quantitative estimate of drug-likeness (QED) is 0.543. The van der Waals surface area contributed by atoms with Crippen LogP contribution in [0.15, 0.2) is 65.7 Å². The molecule has 9 heteroatoms. The Morgan fingerprint density at radius 2 is 1.60 bits per heavy atom. The molecule has 3 heterocycles. The molecule has 0 N–H and O–H groups in total. The molecular weight excluding hydrogens is 467 g/mol. The van der Waals surface area contributed by atoms with Crippen LogP contribution >= 0.6 is 0 Å². The number of pyridine rings is 1. The van der Waals surface area contributed by atoms with Gasteiger partial charge in [0.15, 0.2) is 0 Å². The van der Waals surface area contributed by atoms with Crippen LogP contribution in [0.5, 0.6) is 0 Å². The highest BCUT2D eigenvalue weighted by Crippen LogP contribution is 2.26. The molecule has 2 fully saturated rings. The van der Waals surface area contributed by atoms with Crippen LogP contribution in [-0.2, 0) is 21.4 Å². The number of aromatic nitrogens is 1. The molecule has 0 atom stereocenters. The van der Waals surface area contributed by atoms with Gasteiger partial charge in [-0.25, -0.2) is 12.8 Å². The van der Waals surface area contributed by atoms with Crippen molar-refractivity contribution in [3.05, 3.63) is 72.2 Å². The number of nitrogens with zero attached hydrogens (tertiary/aromatic N) is 4. The number of hydrogen-bond acceptors (Lipinski definition) is 5. The number of hydrogen-bond donors (Lipinski definition) is 0. The molecule has 2 saturated heterocycles. The summed E-state index contributed by atoms with van der Waals surface area (Å²) in [5, 5.41) is 1.13. The van der Waals surface area contributed by atoms with Gasteiger partial charge >= 0.3 is 0 Å². The van der Waals surface area contributed by atoms with Gasteiger partial charge in [0, 0.05) is 63.3 Å². The number of carbonyl (C=O) groups is 1. The number of fused-ring (bicyclic) bond motifs is 1. The van der Waals surface area contributed by atoms with E-state index in [0.717, 1.165) is 42.7 Å². The maximum Gasteiger partial charge on any atom is 0.243 e. The molecule has 0 bridgehead atoms. The van der Waals surface area contributed by atoms with Crippen LogP contribution in [0.25, 0.3) is 10.9 Å². The Morgan fingerprint density at radius 1 is 0.914 bits per heavy atom. The van der Waals surface area contributed by atoms with E-state index in [2.05, 4.69) is 34.1 Å². The standard InChI is InChI=1S/C26H29FN4O3S/c27-23-6-8-24(9-7-23)35(33,34)31-13-10-21(11-14-31)26(32)30-17-15-29(16-18-30)19-22-4-1-3-20-5-2-12-28-25(20)22/h1-9,12,21H,10-11,13-19H2. The summed E-state index contributed by atoms with van der Waals surface area (Å²) >= 11 is 0. The van der Waals surface area contributed by atoms with Gasteiger partial charge < -0.3 is 4.90 Å². The van der Waals surface area contributed by atoms with E-state index < -0.39 is 15.8 Å². The van der Waals surface area contributed by atoms with Gasteiger partial charge in [0.25, 0.3) is 0 Å². The molecule has 0 aliphatic carbocycles. The fourth-order valence-corrected chi connectivity index (χ4v) is 6.49. The zero-order chi connectivity index (χ0) is 24.4. The summed E-state index contributed by atoms with van der Waals surface area (Å²) in [4.78, 5) is 22.0. The maximum absolute atomic E-state index is 13.2. The highest BCUT2D eigenvalue weighted by molar-refractivity contribution is 7.89. The summed E-state index contributed by atoms with van der Waals surface area (Å²) < 4.78 is 40.3. The van der Waals surface area contributed by atoms with Crippen molar-refractivity contribution in [1.29, 1.82) is 0 Å². The van der Waals surface area contributed by atoms with Gasteiger partial charge in [-0.3, -0.25) is 14.7 Å². The zero-order valence-corrected chi connectivity index (χ0v) is 20.3. The number of piperazine rings is 1. The van der Waals surface area contributed by atoms with Crippen molar-refractivity contribution < 1.29 is 17.6 Å². The van der Waals surface area contributed by atoms with Crippen molar-refractivity contribution >= 4 is 26.8 Å². The SMILES string of the molecule is O=C(C1CCN(S(=O)(=O)c2ccc(F)cc2)CC1)N1CCN(Cc2cccc3cccnc23)CC1. The summed E-state index contributed by atoms with van der Waals surface area (Å²) in [6, 6.07) is 15.1. The summed E-state index contributed by atoms with van der Waals surface area (Å²) in [7, 11) is -3.68. The molecule has 3 aromatic rings. The molecule has 1 aromatic heterocycles. The van der Waals surface area contributed by atoms with Crippen LogP contribution in [0.3, 0.4) is 0 Å². The van der Waals surface area contributed by atoms with Gasteiger partial charge in [-0.05, 0) is 48.7 Å². The Hall–Kier alpha value is -2.88. The van der Waals surface area contributed by atoms with E-state index in [0.29, 0.717) is 39.0 Å². The predicted octanol–water partition coefficient (Wildman–Crippen LogP) is 3.12. The number of halogens is 1. The van der Waals surface area contributed by atoms with Crippen LogP contribution in [0, 0.1) is 11.7 Å². The van der Waals surface area contributed by atoms with E-state index in [1.165, 1.54) is 22.0 Å². The van der Waals surface area contributed by atoms with Crippen LogP contribution < -0.4 is 0 Å². The first-order chi connectivity index (χ1) is 16.9. The molecule has 2 aliphatic rings. The van der Waals surface area contributed by atoms with E-state index in [-0.39, 0.29) is 16.7 Å². The Balaban J connectivity index is 1.14. The van der Waals surface area contributed by atoms with Crippen molar-refractivity contribution in [3.63, 3.8) is 0 Å². The van der Waals surface area contributed by atoms with Gasteiger partial charge in [0.05, 0.1) is 10.4 Å². The maximum atomic E-state index is 13.2. The lowest BCUT2D eigenvalue weighted by molar-refractivity contribution is -0.138. The average molecular weight is 497 g/mol. The third-order valence-corrected chi connectivity index (χ3v) is 8.96. The molecule has 0 radical (unpaired) electrons. The highest BCUT2D eigenvalue weighted by Gasteiger charge is 2.34. The van der Waals surface area contributed by atoms with E-state index in [1.54, 1.807) is 0 Å². The molecule has 5 rings (SSSR count). The van der Waals surface area contributed by atoms with Crippen LogP contribution in [-0.4, -0.2) is 72.7 Å². The normalized spacial score (nSPS) is 18.7. The highest BCUT2D eigenvalue weighted by atomic mass is 32.2. The molecular formula is C26H29FN4O3S. The van der Waals surface area contributed by atoms with Crippen molar-refractivity contribution in [1.82, 2.24) is 19.1 Å². The minimum absolute atomic E-state index is 0.0844. The lowest BCUT2D eigenvalue weighted by Crippen LogP contribution is -2.51. The molecule has 184 valence electrons. The number of carbonyl (C=O) groups excluding carboxylic acids is 1. The molecule has 0 spiro atoms. The zero-order valence-electron chi connectivity index (χ0n) is 19.5. The van der Waals surface area contributed by atoms with Gasteiger partial charge in [0.1, 0.15) is 5.82 Å². The number of rotatable bonds is 5. The molecule has 0 unspecified atom stereocenters. The number of benzene rings is 2. The molecule has 1 amide bonds. The van der Waals surface area contributed by atoms with E-state index >= 15 is 0 Å². The lowest BCUT2D eigenvalue weighted by Gasteiger charge is -2.38. The molecule has 7 nitrogen and oxygen atoms in total. The van der Waals surface area contributed by atoms with Crippen LogP contribution in [0.1, 0.15) is 18.4 Å². The number of sulfonamides is 1. The van der Waals surface area contributed by atoms with Crippen molar-refractivity contribution in [3.8, 4) is 0 Å². The lowest BCUT2D eigenvalue weighted by atomic mass is 9.96. The molecule has 2 aliphatic heterocycles. The number of para-hydroxylation sites is 1. The molecule has 0 saturated carbocycles. The monoisotopic (exact) mass is 496 g/mol. The van der Waals surface area contributed by atoms with E-state index in [4.69, 9.17) is 0 Å². The number of amides is 1. The minimum Gasteiger partial charge on any atom is -0.340 e. The molecule has 2 aromatic carbocycles. The van der Waals surface area contributed by atoms with Crippen molar-refractivity contribution in [2.75, 3.05) is 39.3 Å². The number of piperidine rings is 1. The van der Waals surface area contributed by atoms with Gasteiger partial charge in [0.2, 0.25) is 15.9 Å². The third kappa shape index (κ3) is 5.07. The third-order valence-electron chi connectivity index (χ3n) is 7.05. The fraction of sp³-hybridized carbons (Fsp3) is 0.385. The predicted molar refractivity (Wildman–Crippen MR) is 131 cm³/mol. The smallest absolute Gasteiger partial charge is 0.243 e. The Morgan fingerprint density at radius 3 is 2.31 bits per heavy atom. The summed E-state index contributed by atoms with van der Waals surface area (Å²) in [6.45, 7) is 4.33. The largest absolute Gasteiger partial charge is 0.340 e. The second-order valence-corrected chi connectivity index (χ2v) is 11.2. The fourth-order valence-electron chi connectivity index (χ4n) is 5.02. The first-order valence-electron chi connectivity index (χ1n) is 12.0. The summed E-state index contributed by atoms with van der Waals surface area (Å²) in [5.41, 5.74) is 2.22. The second kappa shape index (κ2) is 10.0. The van der Waals surface area contributed by atoms with E-state index in [1.807, 2.05) is 17.2 Å². The average Bonchev–Trinajstić information content (AvgIpc) is 2.89. The van der Waals surface area contributed by atoms with Gasteiger partial charge in [-0.15, -0.1) is 0 Å². The summed E-state index contributed by atoms with van der Waals surface area (Å²) in [5.74, 6) is -0.513. The van der Waals surface area contributed by atoms with Crippen molar-refractivity contribution in [2.45, 2.75) is 24.3 Å². The van der Waals surface area contributed by atoms with Gasteiger partial charge in [-0.1, -0.05) is 24.3 Å². The van der Waals surface area contributed by atoms with Gasteiger partial charge in [-0.2, -0.15) is 4.31 Å². The Bertz CT molecular complexity index is 1290. The molecule has 35 heavy (non-hydrogen) atoms. The van der Waals surface area contributed by atoms with Crippen molar-refractivity contribution in [2.24, 2.45) is 5.92 Å². The first-order valence-corrected chi connectivity index (χ1v) is 13.5. The Kier molecular flexibility index (Phi) is 6.82. The summed E-state index contributed by atoms with van der Waals surface area (Å²) in [6.07, 6.45) is 2.82. The first kappa shape index (κ1) is 23.8. The Labute approximate surface area is 205 Å². The van der Waals surface area contributed by atoms with Crippen LogP contribution in [0.4, 0.5) is 4.39 Å². The second-order valence-electron chi connectivity index (χ2n) is 9.23. The van der Waals surface area contributed by atoms with E-state index in [9.17, 15) is 17.6 Å². The van der Waals surface area contributed by atoms with Crippen LogP contribution in [0.2, 0.25) is 0 Å². The topological polar surface area (TPSA) is 73.8 Å².